The molecule has 0 unspecified atom stereocenters. The Morgan fingerprint density at radius 2 is 1.62 bits per heavy atom. The summed E-state index contributed by atoms with van der Waals surface area (Å²) in [4.78, 5) is 0. The van der Waals surface area contributed by atoms with Crippen LogP contribution in [0.25, 0.3) is 22.5 Å². The first-order valence-electron chi connectivity index (χ1n) is 6.79. The molecule has 0 spiro atoms. The second-order valence-corrected chi connectivity index (χ2v) is 5.27. The van der Waals surface area contributed by atoms with Crippen LogP contribution in [-0.4, -0.2) is 5.16 Å². The molecule has 0 radical (unpaired) electrons. The van der Waals surface area contributed by atoms with E-state index in [1.807, 2.05) is 36.4 Å². The molecule has 3 aromatic rings. The van der Waals surface area contributed by atoms with Crippen LogP contribution in [0.5, 0.6) is 0 Å². The molecule has 0 fully saturated rings. The van der Waals surface area contributed by atoms with E-state index in [9.17, 15) is 0 Å². The molecule has 3 nitrogen and oxygen atoms in total. The van der Waals surface area contributed by atoms with E-state index in [0.717, 1.165) is 23.1 Å². The van der Waals surface area contributed by atoms with Gasteiger partial charge in [0.2, 0.25) is 0 Å². The fraction of sp³-hybridized carbons (Fsp3) is 0.118. The molecule has 2 aromatic carbocycles. The lowest BCUT2D eigenvalue weighted by molar-refractivity contribution is 0.436. The Bertz CT molecular complexity index is 745. The minimum absolute atomic E-state index is 0.381. The summed E-state index contributed by atoms with van der Waals surface area (Å²) in [6, 6.07) is 15.7. The summed E-state index contributed by atoms with van der Waals surface area (Å²) in [6.45, 7) is 2.13. The molecule has 0 atom stereocenters. The van der Waals surface area contributed by atoms with Crippen LogP contribution < -0.4 is 5.73 Å². The zero-order valence-corrected chi connectivity index (χ0v) is 12.4. The molecule has 0 bridgehead atoms. The largest absolute Gasteiger partial charge is 0.380 e. The second kappa shape index (κ2) is 5.62. The topological polar surface area (TPSA) is 52.0 Å². The summed E-state index contributed by atoms with van der Waals surface area (Å²) in [5.74, 6) is 1.06. The molecule has 0 saturated carbocycles. The van der Waals surface area contributed by atoms with Crippen molar-refractivity contribution < 1.29 is 4.52 Å². The maximum atomic E-state index is 5.97. The average molecular weight is 299 g/mol. The highest BCUT2D eigenvalue weighted by Crippen LogP contribution is 2.36. The second-order valence-electron chi connectivity index (χ2n) is 4.83. The Morgan fingerprint density at radius 3 is 2.24 bits per heavy atom. The predicted molar refractivity (Wildman–Crippen MR) is 86.2 cm³/mol. The Kier molecular flexibility index (Phi) is 3.67. The number of nitrogens with zero attached hydrogens (tertiary/aromatic N) is 1. The molecular formula is C17H15ClN2O. The lowest BCUT2D eigenvalue weighted by atomic mass is 10.0. The monoisotopic (exact) mass is 298 g/mol. The van der Waals surface area contributed by atoms with Gasteiger partial charge in [-0.25, -0.2) is 0 Å². The van der Waals surface area contributed by atoms with Crippen molar-refractivity contribution in [3.8, 4) is 22.5 Å². The first-order valence-corrected chi connectivity index (χ1v) is 7.17. The zero-order valence-electron chi connectivity index (χ0n) is 11.6. The number of benzene rings is 2. The van der Waals surface area contributed by atoms with E-state index in [1.165, 1.54) is 5.56 Å². The first-order chi connectivity index (χ1) is 10.2. The number of nitrogens with two attached hydrogens (primary N) is 1. The molecule has 106 valence electrons. The number of nitrogen functional groups attached to an aromatic ring is 1. The fourth-order valence-electron chi connectivity index (χ4n) is 2.29. The van der Waals surface area contributed by atoms with Gasteiger partial charge in [0.25, 0.3) is 0 Å². The molecule has 21 heavy (non-hydrogen) atoms. The highest BCUT2D eigenvalue weighted by atomic mass is 35.5. The van der Waals surface area contributed by atoms with Gasteiger partial charge >= 0.3 is 0 Å². The normalized spacial score (nSPS) is 10.8. The van der Waals surface area contributed by atoms with Crippen molar-refractivity contribution in [1.82, 2.24) is 5.16 Å². The molecule has 0 aliphatic carbocycles. The van der Waals surface area contributed by atoms with E-state index < -0.39 is 0 Å². The zero-order chi connectivity index (χ0) is 14.8. The number of halogens is 1. The molecule has 0 saturated heterocycles. The van der Waals surface area contributed by atoms with E-state index in [-0.39, 0.29) is 0 Å². The van der Waals surface area contributed by atoms with Gasteiger partial charge in [-0.05, 0) is 29.7 Å². The fourth-order valence-corrected chi connectivity index (χ4v) is 2.41. The molecule has 4 heteroatoms. The van der Waals surface area contributed by atoms with Crippen LogP contribution in [0.2, 0.25) is 5.02 Å². The Balaban J connectivity index is 2.09. The van der Waals surface area contributed by atoms with Gasteiger partial charge in [-0.3, -0.25) is 0 Å². The van der Waals surface area contributed by atoms with E-state index in [1.54, 1.807) is 0 Å². The van der Waals surface area contributed by atoms with E-state index in [4.69, 9.17) is 21.9 Å². The van der Waals surface area contributed by atoms with Crippen molar-refractivity contribution in [2.24, 2.45) is 0 Å². The van der Waals surface area contributed by atoms with E-state index in [0.29, 0.717) is 16.6 Å². The third-order valence-corrected chi connectivity index (χ3v) is 3.73. The first kappa shape index (κ1) is 13.7. The number of aromatic nitrogens is 1. The summed E-state index contributed by atoms with van der Waals surface area (Å²) >= 11 is 5.93. The van der Waals surface area contributed by atoms with Crippen molar-refractivity contribution in [2.75, 3.05) is 5.73 Å². The number of rotatable bonds is 3. The third kappa shape index (κ3) is 2.65. The van der Waals surface area contributed by atoms with Gasteiger partial charge in [0.15, 0.2) is 11.6 Å². The third-order valence-electron chi connectivity index (χ3n) is 3.48. The molecule has 3 rings (SSSR count). The summed E-state index contributed by atoms with van der Waals surface area (Å²) < 4.78 is 5.43. The van der Waals surface area contributed by atoms with Gasteiger partial charge in [-0.15, -0.1) is 0 Å². The van der Waals surface area contributed by atoms with Crippen molar-refractivity contribution in [3.63, 3.8) is 0 Å². The minimum atomic E-state index is 0.381. The van der Waals surface area contributed by atoms with Gasteiger partial charge < -0.3 is 10.3 Å². The Labute approximate surface area is 128 Å². The molecule has 0 aliphatic rings. The highest BCUT2D eigenvalue weighted by Gasteiger charge is 2.17. The molecule has 0 aliphatic heterocycles. The standard InChI is InChI=1S/C17H15ClN2O/c1-2-11-3-5-13(6-4-11)16-15(17(19)20-21-16)12-7-9-14(18)10-8-12/h3-10H,2H2,1H3,(H2,19,20). The van der Waals surface area contributed by atoms with Crippen LogP contribution in [0.4, 0.5) is 5.82 Å². The van der Waals surface area contributed by atoms with E-state index in [2.05, 4.69) is 24.2 Å². The highest BCUT2D eigenvalue weighted by molar-refractivity contribution is 6.30. The summed E-state index contributed by atoms with van der Waals surface area (Å²) in [7, 11) is 0. The predicted octanol–water partition coefficient (Wildman–Crippen LogP) is 4.81. The SMILES string of the molecule is CCc1ccc(-c2onc(N)c2-c2ccc(Cl)cc2)cc1. The maximum absolute atomic E-state index is 5.97. The van der Waals surface area contributed by atoms with Crippen LogP contribution in [0.3, 0.4) is 0 Å². The smallest absolute Gasteiger partial charge is 0.176 e. The molecule has 0 amide bonds. The number of aryl methyl sites for hydroxylation is 1. The van der Waals surface area contributed by atoms with Gasteiger partial charge in [-0.1, -0.05) is 60.1 Å². The van der Waals surface area contributed by atoms with Crippen molar-refractivity contribution in [2.45, 2.75) is 13.3 Å². The minimum Gasteiger partial charge on any atom is -0.380 e. The summed E-state index contributed by atoms with van der Waals surface area (Å²) in [6.07, 6.45) is 1.00. The van der Waals surface area contributed by atoms with Gasteiger partial charge in [-0.2, -0.15) is 0 Å². The lowest BCUT2D eigenvalue weighted by Crippen LogP contribution is -1.89. The van der Waals surface area contributed by atoms with Gasteiger partial charge in [0, 0.05) is 10.6 Å². The number of hydrogen-bond donors (Lipinski definition) is 1. The average Bonchev–Trinajstić information content (AvgIpc) is 2.90. The van der Waals surface area contributed by atoms with Crippen LogP contribution in [-0.2, 0) is 6.42 Å². The molecule has 2 N–H and O–H groups in total. The van der Waals surface area contributed by atoms with Crippen molar-refractivity contribution >= 4 is 17.4 Å². The number of hydrogen-bond acceptors (Lipinski definition) is 3. The maximum Gasteiger partial charge on any atom is 0.176 e. The molecule has 1 heterocycles. The lowest BCUT2D eigenvalue weighted by Gasteiger charge is -2.04. The van der Waals surface area contributed by atoms with Crippen molar-refractivity contribution in [1.29, 1.82) is 0 Å². The van der Waals surface area contributed by atoms with Crippen LogP contribution in [0, 0.1) is 0 Å². The van der Waals surface area contributed by atoms with Gasteiger partial charge in [0.05, 0.1) is 5.56 Å². The molecular weight excluding hydrogens is 284 g/mol. The summed E-state index contributed by atoms with van der Waals surface area (Å²) in [5, 5.41) is 4.59. The van der Waals surface area contributed by atoms with Crippen LogP contribution >= 0.6 is 11.6 Å². The van der Waals surface area contributed by atoms with Crippen LogP contribution in [0.1, 0.15) is 12.5 Å². The summed E-state index contributed by atoms with van der Waals surface area (Å²) in [5.41, 5.74) is 9.94. The molecule has 1 aromatic heterocycles. The number of anilines is 1. The van der Waals surface area contributed by atoms with E-state index >= 15 is 0 Å². The van der Waals surface area contributed by atoms with Gasteiger partial charge in [0.1, 0.15) is 0 Å². The van der Waals surface area contributed by atoms with Crippen molar-refractivity contribution in [3.05, 3.63) is 59.1 Å². The van der Waals surface area contributed by atoms with Crippen LogP contribution in [0.15, 0.2) is 53.1 Å². The Hall–Kier alpha value is -2.26. The Morgan fingerprint density at radius 1 is 1.00 bits per heavy atom. The quantitative estimate of drug-likeness (QED) is 0.755.